The van der Waals surface area contributed by atoms with Crippen LogP contribution in [0.1, 0.15) is 38.5 Å². The van der Waals surface area contributed by atoms with Crippen LogP contribution in [-0.4, -0.2) is 74.2 Å². The van der Waals surface area contributed by atoms with Gasteiger partial charge in [0.25, 0.3) is 0 Å². The SMILES string of the molecule is CN(C)C[C@@H]1CN(CC(=O)NC2(C#N)CCCCCC2)CCO1. The van der Waals surface area contributed by atoms with Crippen LogP contribution < -0.4 is 5.32 Å². The first-order valence-electron chi connectivity index (χ1n) is 8.74. The monoisotopic (exact) mass is 322 g/mol. The van der Waals surface area contributed by atoms with Crippen LogP contribution in [0.15, 0.2) is 0 Å². The molecule has 1 atom stereocenters. The molecule has 0 aromatic carbocycles. The normalized spacial score (nSPS) is 25.6. The summed E-state index contributed by atoms with van der Waals surface area (Å²) in [5.74, 6) is -0.0287. The molecule has 0 spiro atoms. The number of nitrogens with one attached hydrogen (secondary N) is 1. The van der Waals surface area contributed by atoms with E-state index in [1.165, 1.54) is 0 Å². The second-order valence-electron chi connectivity index (χ2n) is 7.15. The number of nitrogens with zero attached hydrogens (tertiary/aromatic N) is 3. The highest BCUT2D eigenvalue weighted by atomic mass is 16.5. The van der Waals surface area contributed by atoms with Crippen molar-refractivity contribution < 1.29 is 9.53 Å². The van der Waals surface area contributed by atoms with Gasteiger partial charge in [-0.05, 0) is 26.9 Å². The maximum absolute atomic E-state index is 12.4. The van der Waals surface area contributed by atoms with E-state index in [1.807, 2.05) is 14.1 Å². The number of carbonyl (C=O) groups excluding carboxylic acids is 1. The number of morpholine rings is 1. The Morgan fingerprint density at radius 3 is 2.65 bits per heavy atom. The van der Waals surface area contributed by atoms with Crippen LogP contribution in [-0.2, 0) is 9.53 Å². The fraction of sp³-hybridized carbons (Fsp3) is 0.882. The lowest BCUT2D eigenvalue weighted by Crippen LogP contribution is -2.53. The number of hydrogen-bond acceptors (Lipinski definition) is 5. The number of hydrogen-bond donors (Lipinski definition) is 1. The molecule has 23 heavy (non-hydrogen) atoms. The Morgan fingerprint density at radius 2 is 2.04 bits per heavy atom. The van der Waals surface area contributed by atoms with Gasteiger partial charge in [-0.1, -0.05) is 25.7 Å². The Labute approximate surface area is 139 Å². The zero-order valence-electron chi connectivity index (χ0n) is 14.5. The molecule has 6 nitrogen and oxygen atoms in total. The van der Waals surface area contributed by atoms with E-state index in [1.54, 1.807) is 0 Å². The molecule has 1 saturated carbocycles. The van der Waals surface area contributed by atoms with Crippen LogP contribution in [0.4, 0.5) is 0 Å². The predicted octanol–water partition coefficient (Wildman–Crippen LogP) is 0.982. The topological polar surface area (TPSA) is 68.6 Å². The molecule has 0 aromatic heterocycles. The minimum absolute atomic E-state index is 0.0287. The minimum atomic E-state index is -0.650. The van der Waals surface area contributed by atoms with Crippen molar-refractivity contribution >= 4 is 5.91 Å². The van der Waals surface area contributed by atoms with Gasteiger partial charge >= 0.3 is 0 Å². The van der Waals surface area contributed by atoms with Crippen LogP contribution in [0.5, 0.6) is 0 Å². The van der Waals surface area contributed by atoms with Gasteiger partial charge in [0, 0.05) is 19.6 Å². The average molecular weight is 322 g/mol. The van der Waals surface area contributed by atoms with Crippen LogP contribution >= 0.6 is 0 Å². The van der Waals surface area contributed by atoms with Crippen molar-refractivity contribution in [2.75, 3.05) is 46.9 Å². The first-order valence-corrected chi connectivity index (χ1v) is 8.74. The molecule has 1 saturated heterocycles. The van der Waals surface area contributed by atoms with E-state index >= 15 is 0 Å². The fourth-order valence-electron chi connectivity index (χ4n) is 3.55. The Morgan fingerprint density at radius 1 is 1.35 bits per heavy atom. The highest BCUT2D eigenvalue weighted by Gasteiger charge is 2.33. The lowest BCUT2D eigenvalue weighted by molar-refractivity contribution is -0.126. The number of ether oxygens (including phenoxy) is 1. The predicted molar refractivity (Wildman–Crippen MR) is 88.9 cm³/mol. The van der Waals surface area contributed by atoms with Crippen molar-refractivity contribution in [3.05, 3.63) is 0 Å². The van der Waals surface area contributed by atoms with Crippen molar-refractivity contribution in [3.8, 4) is 6.07 Å². The summed E-state index contributed by atoms with van der Waals surface area (Å²) in [5.41, 5.74) is -0.650. The van der Waals surface area contributed by atoms with Crippen molar-refractivity contribution in [2.24, 2.45) is 0 Å². The smallest absolute Gasteiger partial charge is 0.235 e. The van der Waals surface area contributed by atoms with Crippen molar-refractivity contribution in [1.82, 2.24) is 15.1 Å². The van der Waals surface area contributed by atoms with Gasteiger partial charge in [-0.25, -0.2) is 0 Å². The van der Waals surface area contributed by atoms with Gasteiger partial charge in [0.15, 0.2) is 0 Å². The third kappa shape index (κ3) is 5.76. The molecule has 1 aliphatic heterocycles. The zero-order chi connectivity index (χ0) is 16.7. The van der Waals surface area contributed by atoms with E-state index in [9.17, 15) is 10.1 Å². The number of carbonyl (C=O) groups is 1. The van der Waals surface area contributed by atoms with E-state index in [-0.39, 0.29) is 12.0 Å². The molecular formula is C17H30N4O2. The molecule has 1 aliphatic carbocycles. The van der Waals surface area contributed by atoms with Crippen LogP contribution in [0.2, 0.25) is 0 Å². The summed E-state index contributed by atoms with van der Waals surface area (Å²) < 4.78 is 5.74. The molecule has 1 N–H and O–H groups in total. The molecule has 0 bridgehead atoms. The lowest BCUT2D eigenvalue weighted by atomic mass is 9.92. The van der Waals surface area contributed by atoms with Gasteiger partial charge in [0.2, 0.25) is 5.91 Å². The van der Waals surface area contributed by atoms with Crippen molar-refractivity contribution in [1.29, 1.82) is 5.26 Å². The lowest BCUT2D eigenvalue weighted by Gasteiger charge is -2.34. The first kappa shape index (κ1) is 18.2. The number of nitriles is 1. The summed E-state index contributed by atoms with van der Waals surface area (Å²) in [5, 5.41) is 12.6. The number of rotatable bonds is 5. The van der Waals surface area contributed by atoms with Gasteiger partial charge in [0.1, 0.15) is 5.54 Å². The van der Waals surface area contributed by atoms with Gasteiger partial charge in [-0.3, -0.25) is 9.69 Å². The number of amides is 1. The van der Waals surface area contributed by atoms with Crippen LogP contribution in [0.25, 0.3) is 0 Å². The summed E-state index contributed by atoms with van der Waals surface area (Å²) in [6.45, 7) is 3.42. The summed E-state index contributed by atoms with van der Waals surface area (Å²) >= 11 is 0. The van der Waals surface area contributed by atoms with Gasteiger partial charge < -0.3 is 15.0 Å². The molecular weight excluding hydrogens is 292 g/mol. The molecule has 1 amide bonds. The molecule has 2 aliphatic rings. The van der Waals surface area contributed by atoms with Crippen molar-refractivity contribution in [3.63, 3.8) is 0 Å². The summed E-state index contributed by atoms with van der Waals surface area (Å²) in [6.07, 6.45) is 6.08. The molecule has 2 rings (SSSR count). The van der Waals surface area contributed by atoms with Gasteiger partial charge in [-0.2, -0.15) is 5.26 Å². The van der Waals surface area contributed by atoms with Crippen molar-refractivity contribution in [2.45, 2.75) is 50.2 Å². The van der Waals surface area contributed by atoms with E-state index < -0.39 is 5.54 Å². The quantitative estimate of drug-likeness (QED) is 0.764. The molecule has 1 heterocycles. The Balaban J connectivity index is 1.84. The highest BCUT2D eigenvalue weighted by Crippen LogP contribution is 2.26. The summed E-state index contributed by atoms with van der Waals surface area (Å²) in [7, 11) is 4.05. The zero-order valence-corrected chi connectivity index (χ0v) is 14.5. The molecule has 0 radical (unpaired) electrons. The molecule has 0 unspecified atom stereocenters. The molecule has 6 heteroatoms. The van der Waals surface area contributed by atoms with E-state index in [2.05, 4.69) is 21.2 Å². The fourth-order valence-corrected chi connectivity index (χ4v) is 3.55. The highest BCUT2D eigenvalue weighted by molar-refractivity contribution is 5.79. The van der Waals surface area contributed by atoms with E-state index in [0.29, 0.717) is 13.2 Å². The maximum atomic E-state index is 12.4. The Kier molecular flexibility index (Phi) is 6.82. The summed E-state index contributed by atoms with van der Waals surface area (Å²) in [6, 6.07) is 2.38. The van der Waals surface area contributed by atoms with Crippen LogP contribution in [0, 0.1) is 11.3 Å². The average Bonchev–Trinajstić information content (AvgIpc) is 2.73. The first-order chi connectivity index (χ1) is 11.0. The maximum Gasteiger partial charge on any atom is 0.235 e. The Hall–Kier alpha value is -1.16. The van der Waals surface area contributed by atoms with E-state index in [0.717, 1.165) is 58.2 Å². The third-order valence-electron chi connectivity index (χ3n) is 4.71. The second kappa shape index (κ2) is 8.62. The third-order valence-corrected chi connectivity index (χ3v) is 4.71. The largest absolute Gasteiger partial charge is 0.374 e. The van der Waals surface area contributed by atoms with Crippen LogP contribution in [0.3, 0.4) is 0 Å². The second-order valence-corrected chi connectivity index (χ2v) is 7.15. The number of likely N-dealkylation sites (N-methyl/N-ethyl adjacent to an activating group) is 1. The molecule has 130 valence electrons. The Bertz CT molecular complexity index is 425. The summed E-state index contributed by atoms with van der Waals surface area (Å²) in [4.78, 5) is 16.7. The minimum Gasteiger partial charge on any atom is -0.374 e. The standard InChI is InChI=1S/C17H30N4O2/c1-20(2)11-15-12-21(9-10-23-15)13-16(22)19-17(14-18)7-5-3-4-6-8-17/h15H,3-13H2,1-2H3,(H,19,22)/t15-/m1/s1. The molecule has 0 aromatic rings. The molecule has 2 fully saturated rings. The van der Waals surface area contributed by atoms with Gasteiger partial charge in [0.05, 0.1) is 25.3 Å². The van der Waals surface area contributed by atoms with E-state index in [4.69, 9.17) is 4.74 Å². The van der Waals surface area contributed by atoms with Gasteiger partial charge in [-0.15, -0.1) is 0 Å².